The van der Waals surface area contributed by atoms with Gasteiger partial charge in [0.1, 0.15) is 23.4 Å². The number of Topliss-reactive ketones (excluding diaryl/α,β-unsaturated/α-hetero) is 1. The van der Waals surface area contributed by atoms with E-state index in [-0.39, 0.29) is 30.3 Å². The lowest BCUT2D eigenvalue weighted by molar-refractivity contribution is -0.352. The molecule has 0 spiro atoms. The van der Waals surface area contributed by atoms with Gasteiger partial charge in [-0.05, 0) is 101 Å². The van der Waals surface area contributed by atoms with Crippen LogP contribution in [0.4, 0.5) is 0 Å². The summed E-state index contributed by atoms with van der Waals surface area (Å²) < 4.78 is 80.3. The number of fused-ring (bicyclic) bond motifs is 6. The summed E-state index contributed by atoms with van der Waals surface area (Å²) in [5, 5.41) is 13.6. The monoisotopic (exact) mass is 800 g/mol. The molecule has 0 amide bonds. The van der Waals surface area contributed by atoms with E-state index in [9.17, 15) is 18.3 Å². The predicted molar refractivity (Wildman–Crippen MR) is 204 cm³/mol. The van der Waals surface area contributed by atoms with Gasteiger partial charge in [-0.3, -0.25) is 8.98 Å². The minimum atomic E-state index is -4.06. The van der Waals surface area contributed by atoms with Crippen molar-refractivity contribution in [3.05, 3.63) is 11.1 Å². The number of carbonyl (C=O) groups is 1. The molecule has 54 heavy (non-hydrogen) atoms. The summed E-state index contributed by atoms with van der Waals surface area (Å²) >= 11 is 0. The third-order valence-electron chi connectivity index (χ3n) is 14.2. The number of hydrogen-bond donors (Lipinski definition) is 1. The zero-order valence-electron chi connectivity index (χ0n) is 34.9. The Bertz CT molecular complexity index is 1560. The summed E-state index contributed by atoms with van der Waals surface area (Å²) in [5.41, 5.74) is -3.93. The highest BCUT2D eigenvalue weighted by molar-refractivity contribution is 7.86. The lowest BCUT2D eigenvalue weighted by Crippen LogP contribution is -2.77. The first-order chi connectivity index (χ1) is 24.8. The van der Waals surface area contributed by atoms with Gasteiger partial charge in [0.25, 0.3) is 10.1 Å². The molecule has 6 aliphatic rings. The van der Waals surface area contributed by atoms with Gasteiger partial charge >= 0.3 is 0 Å². The van der Waals surface area contributed by atoms with Crippen LogP contribution in [0.2, 0.25) is 18.1 Å². The second-order valence-corrected chi connectivity index (χ2v) is 26.2. The first kappa shape index (κ1) is 42.8. The topological polar surface area (TPSA) is 145 Å². The van der Waals surface area contributed by atoms with Gasteiger partial charge in [0.2, 0.25) is 0 Å². The first-order valence-electron chi connectivity index (χ1n) is 20.2. The minimum absolute atomic E-state index is 0.0580. The number of ketones is 1. The Kier molecular flexibility index (Phi) is 11.5. The van der Waals surface area contributed by atoms with E-state index in [1.54, 1.807) is 0 Å². The van der Waals surface area contributed by atoms with E-state index in [1.807, 2.05) is 20.8 Å². The Morgan fingerprint density at radius 2 is 1.54 bits per heavy atom. The van der Waals surface area contributed by atoms with Crippen molar-refractivity contribution in [2.75, 3.05) is 26.1 Å². The molecule has 10 atom stereocenters. The molecule has 0 radical (unpaired) electrons. The van der Waals surface area contributed by atoms with Gasteiger partial charge in [0.15, 0.2) is 32.5 Å². The van der Waals surface area contributed by atoms with Crippen LogP contribution in [0.25, 0.3) is 0 Å². The molecular formula is C40H68O12SSi. The van der Waals surface area contributed by atoms with Gasteiger partial charge < -0.3 is 38.0 Å². The zero-order valence-corrected chi connectivity index (χ0v) is 36.7. The Labute approximate surface area is 324 Å². The quantitative estimate of drug-likeness (QED) is 0.200. The molecule has 3 aliphatic carbocycles. The van der Waals surface area contributed by atoms with Crippen LogP contribution in [0.5, 0.6) is 0 Å². The Morgan fingerprint density at radius 1 is 0.926 bits per heavy atom. The molecule has 2 unspecified atom stereocenters. The predicted octanol–water partition coefficient (Wildman–Crippen LogP) is 6.54. The molecule has 12 nitrogen and oxygen atoms in total. The zero-order chi connectivity index (χ0) is 39.9. The van der Waals surface area contributed by atoms with Crippen molar-refractivity contribution in [1.82, 2.24) is 0 Å². The number of hydrogen-bond acceptors (Lipinski definition) is 12. The second-order valence-electron chi connectivity index (χ2n) is 19.7. The summed E-state index contributed by atoms with van der Waals surface area (Å²) in [6.07, 6.45) is 1.38. The molecule has 0 aromatic heterocycles. The smallest absolute Gasteiger partial charge is 0.264 e. The van der Waals surface area contributed by atoms with E-state index in [4.69, 9.17) is 37.0 Å². The molecule has 0 aromatic carbocycles. The van der Waals surface area contributed by atoms with Crippen LogP contribution in [0.3, 0.4) is 0 Å². The van der Waals surface area contributed by atoms with E-state index >= 15 is 0 Å². The largest absolute Gasteiger partial charge is 0.414 e. The van der Waals surface area contributed by atoms with E-state index in [0.717, 1.165) is 37.5 Å². The van der Waals surface area contributed by atoms with Gasteiger partial charge in [-0.2, -0.15) is 8.42 Å². The molecule has 14 heteroatoms. The highest BCUT2D eigenvalue weighted by atomic mass is 32.2. The van der Waals surface area contributed by atoms with Gasteiger partial charge in [-0.25, -0.2) is 0 Å². The first-order valence-corrected chi connectivity index (χ1v) is 24.9. The molecule has 3 aliphatic heterocycles. The van der Waals surface area contributed by atoms with Crippen molar-refractivity contribution in [3.63, 3.8) is 0 Å². The van der Waals surface area contributed by atoms with Crippen molar-refractivity contribution in [2.24, 2.45) is 16.7 Å². The van der Waals surface area contributed by atoms with Crippen LogP contribution < -0.4 is 0 Å². The van der Waals surface area contributed by atoms with E-state index in [0.29, 0.717) is 38.0 Å². The lowest BCUT2D eigenvalue weighted by atomic mass is 9.45. The number of allylic oxidation sites excluding steroid dienone is 1. The van der Waals surface area contributed by atoms with Gasteiger partial charge in [0, 0.05) is 36.4 Å². The summed E-state index contributed by atoms with van der Waals surface area (Å²) in [6, 6.07) is 0. The maximum absolute atomic E-state index is 14.7. The number of rotatable bonds is 9. The van der Waals surface area contributed by atoms with Crippen LogP contribution in [0, 0.1) is 16.7 Å². The molecule has 1 N–H and O–H groups in total. The summed E-state index contributed by atoms with van der Waals surface area (Å²) in [7, 11) is -6.63. The van der Waals surface area contributed by atoms with Crippen molar-refractivity contribution >= 4 is 24.2 Å². The van der Waals surface area contributed by atoms with Crippen LogP contribution in [0.15, 0.2) is 11.1 Å². The summed E-state index contributed by atoms with van der Waals surface area (Å²) in [5.74, 6) is -2.14. The molecule has 0 aromatic rings. The fourth-order valence-electron chi connectivity index (χ4n) is 10.2. The third kappa shape index (κ3) is 7.50. The van der Waals surface area contributed by atoms with Crippen molar-refractivity contribution in [1.29, 1.82) is 0 Å². The number of carbonyl (C=O) groups excluding carboxylic acids is 1. The fraction of sp³-hybridized carbons (Fsp3) is 0.925. The summed E-state index contributed by atoms with van der Waals surface area (Å²) in [6.45, 7) is 23.2. The van der Waals surface area contributed by atoms with Crippen LogP contribution in [-0.2, 0) is 51.9 Å². The average Bonchev–Trinajstić information content (AvgIpc) is 3.38. The Balaban J connectivity index is 1.67. The van der Waals surface area contributed by atoms with E-state index < -0.39 is 89.2 Å². The maximum atomic E-state index is 14.7. The average molecular weight is 801 g/mol. The fourth-order valence-corrected chi connectivity index (χ4v) is 11.9. The Hall–Kier alpha value is -0.783. The second kappa shape index (κ2) is 14.5. The molecule has 5 fully saturated rings. The number of ether oxygens (including phenoxy) is 6. The molecule has 2 bridgehead atoms. The highest BCUT2D eigenvalue weighted by Gasteiger charge is 2.75. The lowest BCUT2D eigenvalue weighted by Gasteiger charge is -2.66. The normalized spacial score (nSPS) is 41.5. The van der Waals surface area contributed by atoms with Gasteiger partial charge in [-0.15, -0.1) is 0 Å². The van der Waals surface area contributed by atoms with Crippen molar-refractivity contribution in [3.8, 4) is 0 Å². The van der Waals surface area contributed by atoms with Crippen LogP contribution in [0.1, 0.15) is 120 Å². The minimum Gasteiger partial charge on any atom is -0.414 e. The van der Waals surface area contributed by atoms with Crippen molar-refractivity contribution < 1.29 is 55.3 Å². The highest BCUT2D eigenvalue weighted by Crippen LogP contribution is 2.66. The molecule has 310 valence electrons. The van der Waals surface area contributed by atoms with Crippen molar-refractivity contribution in [2.45, 2.75) is 192 Å². The molecule has 2 saturated carbocycles. The molecule has 3 saturated heterocycles. The third-order valence-corrected chi connectivity index (χ3v) is 19.3. The maximum Gasteiger partial charge on any atom is 0.264 e. The van der Waals surface area contributed by atoms with Crippen LogP contribution in [-0.4, -0.2) is 108 Å². The van der Waals surface area contributed by atoms with E-state index in [1.165, 1.54) is 0 Å². The molecule has 6 rings (SSSR count). The summed E-state index contributed by atoms with van der Waals surface area (Å²) in [4.78, 5) is 14.7. The standard InChI is InChI=1S/C40H68O12SSi/c1-25-26(41)23-40(49-29-18-14-16-22-46-29)34(48-28-17-13-15-21-45-28)32-38(9,33-31(30(25)36(40,5)6)50-37(7,8)51-33)20-19-27(52-53(10,43)44)39(32,42)24-47-54(11,12)35(2,3)4/h27-29,31-34,42H,13-24H2,1-12H3/t27-,28?,29?,31+,32-,33-,34-,38+,39-,40+/m0/s1. The molecule has 3 heterocycles. The van der Waals surface area contributed by atoms with E-state index in [2.05, 4.69) is 54.6 Å². The Morgan fingerprint density at radius 3 is 2.09 bits per heavy atom. The van der Waals surface area contributed by atoms with Crippen LogP contribution >= 0.6 is 0 Å². The van der Waals surface area contributed by atoms with Gasteiger partial charge in [-0.1, -0.05) is 41.5 Å². The molecular weight excluding hydrogens is 733 g/mol. The number of aliphatic hydroxyl groups is 1. The van der Waals surface area contributed by atoms with Gasteiger partial charge in [0.05, 0.1) is 25.1 Å². The SMILES string of the molecule is CC1=C2[C@H]3OC(C)(C)O[C@@H]3[C@]3(C)CC[C@H](OS(C)(=O)=O)[C@@](O)(CO[Si](C)(C)C(C)(C)C)[C@H]3[C@H](OC3CCCCO3)[C@](OC3CCCCO3)(CC1=O)C2(C)C.